The zero-order valence-corrected chi connectivity index (χ0v) is 12.6. The molecule has 0 bridgehead atoms. The second-order valence-corrected chi connectivity index (χ2v) is 4.85. The van der Waals surface area contributed by atoms with Gasteiger partial charge in [0, 0.05) is 13.2 Å². The zero-order valence-electron chi connectivity index (χ0n) is 12.6. The minimum absolute atomic E-state index is 0.127. The van der Waals surface area contributed by atoms with Gasteiger partial charge in [-0.05, 0) is 25.0 Å². The summed E-state index contributed by atoms with van der Waals surface area (Å²) in [6.45, 7) is 4.52. The summed E-state index contributed by atoms with van der Waals surface area (Å²) in [6.07, 6.45) is 0. The number of aromatic nitrogens is 2. The molecule has 6 heteroatoms. The average Bonchev–Trinajstić information content (AvgIpc) is 2.47. The lowest BCUT2D eigenvalue weighted by Crippen LogP contribution is -2.14. The Hall–Kier alpha value is -2.18. The molecule has 0 saturated carbocycles. The molecule has 1 atom stereocenters. The number of nitrogen functional groups attached to an aromatic ring is 1. The molecular formula is C15H21N5O. The van der Waals surface area contributed by atoms with Crippen molar-refractivity contribution in [2.45, 2.75) is 26.5 Å². The van der Waals surface area contributed by atoms with E-state index < -0.39 is 0 Å². The minimum Gasteiger partial charge on any atom is -0.377 e. The first-order valence-electron chi connectivity index (χ1n) is 6.79. The maximum Gasteiger partial charge on any atom is 0.158 e. The molecule has 0 amide bonds. The zero-order chi connectivity index (χ0) is 15.2. The van der Waals surface area contributed by atoms with Gasteiger partial charge in [-0.15, -0.1) is 0 Å². The summed E-state index contributed by atoms with van der Waals surface area (Å²) in [7, 11) is 1.61. The molecule has 0 aliphatic carbocycles. The normalized spacial score (nSPS) is 12.0. The van der Waals surface area contributed by atoms with Gasteiger partial charge in [-0.2, -0.15) is 0 Å². The van der Waals surface area contributed by atoms with Crippen LogP contribution in [0.25, 0.3) is 0 Å². The van der Waals surface area contributed by atoms with Crippen LogP contribution >= 0.6 is 0 Å². The van der Waals surface area contributed by atoms with Gasteiger partial charge < -0.3 is 15.5 Å². The molecule has 4 N–H and O–H groups in total. The Morgan fingerprint density at radius 1 is 1.24 bits per heavy atom. The minimum atomic E-state index is 0.127. The summed E-state index contributed by atoms with van der Waals surface area (Å²) >= 11 is 0. The Morgan fingerprint density at radius 2 is 1.95 bits per heavy atom. The molecule has 0 aliphatic rings. The molecule has 1 aromatic heterocycles. The number of methoxy groups -OCH3 is 1. The number of hydrazine groups is 1. The summed E-state index contributed by atoms with van der Waals surface area (Å²) in [5.41, 5.74) is 5.01. The summed E-state index contributed by atoms with van der Waals surface area (Å²) in [4.78, 5) is 8.65. The van der Waals surface area contributed by atoms with Crippen LogP contribution in [0.4, 0.5) is 11.6 Å². The van der Waals surface area contributed by atoms with Crippen molar-refractivity contribution in [3.8, 4) is 0 Å². The molecule has 1 unspecified atom stereocenters. The van der Waals surface area contributed by atoms with Crippen LogP contribution in [0.2, 0.25) is 0 Å². The Bertz CT molecular complexity index is 602. The van der Waals surface area contributed by atoms with Crippen molar-refractivity contribution in [2.75, 3.05) is 17.9 Å². The number of nitrogens with two attached hydrogens (primary N) is 1. The summed E-state index contributed by atoms with van der Waals surface area (Å²) in [5, 5.41) is 3.37. The molecule has 0 aliphatic heterocycles. The van der Waals surface area contributed by atoms with Crippen molar-refractivity contribution < 1.29 is 4.74 Å². The van der Waals surface area contributed by atoms with E-state index in [4.69, 9.17) is 10.6 Å². The lowest BCUT2D eigenvalue weighted by Gasteiger charge is -2.18. The smallest absolute Gasteiger partial charge is 0.158 e. The Kier molecular flexibility index (Phi) is 5.08. The SMILES string of the molecule is COCc1nc(NN)cc(NC(C)c2ccccc2C)n1. The molecule has 112 valence electrons. The molecule has 6 nitrogen and oxygen atoms in total. The molecule has 1 aromatic carbocycles. The predicted molar refractivity (Wildman–Crippen MR) is 83.8 cm³/mol. The van der Waals surface area contributed by atoms with Gasteiger partial charge in [0.1, 0.15) is 18.2 Å². The van der Waals surface area contributed by atoms with Gasteiger partial charge in [-0.3, -0.25) is 0 Å². The highest BCUT2D eigenvalue weighted by molar-refractivity contribution is 5.48. The fourth-order valence-electron chi connectivity index (χ4n) is 2.21. The number of aryl methyl sites for hydroxylation is 1. The first-order chi connectivity index (χ1) is 10.1. The fourth-order valence-corrected chi connectivity index (χ4v) is 2.21. The van der Waals surface area contributed by atoms with Crippen LogP contribution in [-0.4, -0.2) is 17.1 Å². The number of anilines is 2. The number of ether oxygens (including phenoxy) is 1. The van der Waals surface area contributed by atoms with E-state index in [1.165, 1.54) is 11.1 Å². The first-order valence-corrected chi connectivity index (χ1v) is 6.79. The van der Waals surface area contributed by atoms with E-state index in [0.717, 1.165) is 0 Å². The second-order valence-electron chi connectivity index (χ2n) is 4.85. The number of rotatable bonds is 6. The Labute approximate surface area is 124 Å². The van der Waals surface area contributed by atoms with Crippen LogP contribution in [0.3, 0.4) is 0 Å². The topological polar surface area (TPSA) is 85.1 Å². The highest BCUT2D eigenvalue weighted by Crippen LogP contribution is 2.22. The third-order valence-electron chi connectivity index (χ3n) is 3.21. The van der Waals surface area contributed by atoms with Gasteiger partial charge in [0.15, 0.2) is 5.82 Å². The van der Waals surface area contributed by atoms with E-state index in [2.05, 4.69) is 46.7 Å². The van der Waals surface area contributed by atoms with Crippen LogP contribution < -0.4 is 16.6 Å². The lowest BCUT2D eigenvalue weighted by atomic mass is 10.0. The van der Waals surface area contributed by atoms with Crippen LogP contribution in [0.15, 0.2) is 30.3 Å². The van der Waals surface area contributed by atoms with Crippen molar-refractivity contribution in [3.05, 3.63) is 47.3 Å². The van der Waals surface area contributed by atoms with E-state index in [9.17, 15) is 0 Å². The number of hydrogen-bond acceptors (Lipinski definition) is 6. The molecule has 0 spiro atoms. The first kappa shape index (κ1) is 15.2. The van der Waals surface area contributed by atoms with Crippen LogP contribution in [-0.2, 0) is 11.3 Å². The molecule has 1 heterocycles. The van der Waals surface area contributed by atoms with Crippen LogP contribution in [0.1, 0.15) is 29.9 Å². The fraction of sp³-hybridized carbons (Fsp3) is 0.333. The van der Waals surface area contributed by atoms with E-state index >= 15 is 0 Å². The number of nitrogens with zero attached hydrogens (tertiary/aromatic N) is 2. The molecule has 2 rings (SSSR count). The number of hydrogen-bond donors (Lipinski definition) is 3. The Morgan fingerprint density at radius 3 is 2.62 bits per heavy atom. The maximum atomic E-state index is 5.44. The molecule has 0 radical (unpaired) electrons. The summed E-state index contributed by atoms with van der Waals surface area (Å²) in [5.74, 6) is 7.28. The van der Waals surface area contributed by atoms with Gasteiger partial charge in [0.2, 0.25) is 0 Å². The molecular weight excluding hydrogens is 266 g/mol. The van der Waals surface area contributed by atoms with Crippen molar-refractivity contribution in [3.63, 3.8) is 0 Å². The van der Waals surface area contributed by atoms with Gasteiger partial charge in [0.25, 0.3) is 0 Å². The molecule has 21 heavy (non-hydrogen) atoms. The lowest BCUT2D eigenvalue weighted by molar-refractivity contribution is 0.178. The van der Waals surface area contributed by atoms with E-state index in [0.29, 0.717) is 24.1 Å². The van der Waals surface area contributed by atoms with Crippen molar-refractivity contribution in [2.24, 2.45) is 5.84 Å². The van der Waals surface area contributed by atoms with Gasteiger partial charge in [-0.25, -0.2) is 15.8 Å². The van der Waals surface area contributed by atoms with Gasteiger partial charge in [0.05, 0.1) is 6.04 Å². The molecule has 0 fully saturated rings. The summed E-state index contributed by atoms with van der Waals surface area (Å²) < 4.78 is 5.07. The van der Waals surface area contributed by atoms with E-state index in [-0.39, 0.29) is 6.04 Å². The van der Waals surface area contributed by atoms with Gasteiger partial charge in [-0.1, -0.05) is 24.3 Å². The quantitative estimate of drug-likeness (QED) is 0.559. The van der Waals surface area contributed by atoms with E-state index in [1.54, 1.807) is 13.2 Å². The number of nitrogens with one attached hydrogen (secondary N) is 2. The van der Waals surface area contributed by atoms with E-state index in [1.807, 2.05) is 12.1 Å². The highest BCUT2D eigenvalue weighted by atomic mass is 16.5. The monoisotopic (exact) mass is 287 g/mol. The second kappa shape index (κ2) is 7.01. The van der Waals surface area contributed by atoms with Crippen molar-refractivity contribution in [1.29, 1.82) is 0 Å². The van der Waals surface area contributed by atoms with Crippen molar-refractivity contribution in [1.82, 2.24) is 9.97 Å². The summed E-state index contributed by atoms with van der Waals surface area (Å²) in [6, 6.07) is 10.2. The molecule has 0 saturated heterocycles. The highest BCUT2D eigenvalue weighted by Gasteiger charge is 2.10. The van der Waals surface area contributed by atoms with Gasteiger partial charge >= 0.3 is 0 Å². The largest absolute Gasteiger partial charge is 0.377 e. The van der Waals surface area contributed by atoms with Crippen molar-refractivity contribution >= 4 is 11.6 Å². The maximum absolute atomic E-state index is 5.44. The Balaban J connectivity index is 2.22. The predicted octanol–water partition coefficient (Wildman–Crippen LogP) is 2.39. The standard InChI is InChI=1S/C15H21N5O/c1-10-6-4-5-7-12(10)11(2)17-13-8-14(20-16)19-15(18-13)9-21-3/h4-8,11H,9,16H2,1-3H3,(H2,17,18,19,20). The number of benzene rings is 1. The van der Waals surface area contributed by atoms with Crippen LogP contribution in [0, 0.1) is 6.92 Å². The molecule has 2 aromatic rings. The average molecular weight is 287 g/mol. The third-order valence-corrected chi connectivity index (χ3v) is 3.21. The third kappa shape index (κ3) is 3.90. The van der Waals surface area contributed by atoms with Crippen LogP contribution in [0.5, 0.6) is 0 Å².